The summed E-state index contributed by atoms with van der Waals surface area (Å²) in [7, 11) is 0. The Balaban J connectivity index is 2.21. The van der Waals surface area contributed by atoms with Crippen LogP contribution in [0.2, 0.25) is 0 Å². The molecule has 0 unspecified atom stereocenters. The maximum Gasteiger partial charge on any atom is 0.330 e. The first kappa shape index (κ1) is 25.6. The van der Waals surface area contributed by atoms with E-state index >= 15 is 0 Å². The molecule has 34 heavy (non-hydrogen) atoms. The van der Waals surface area contributed by atoms with Crippen LogP contribution in [-0.2, 0) is 12.0 Å². The summed E-state index contributed by atoms with van der Waals surface area (Å²) in [5, 5.41) is 0.856. The summed E-state index contributed by atoms with van der Waals surface area (Å²) in [5.41, 5.74) is 6.43. The Bertz CT molecular complexity index is 1350. The van der Waals surface area contributed by atoms with E-state index in [-0.39, 0.29) is 22.8 Å². The van der Waals surface area contributed by atoms with Crippen LogP contribution in [0, 0.1) is 13.8 Å². The molecule has 3 heterocycles. The van der Waals surface area contributed by atoms with E-state index < -0.39 is 11.2 Å². The van der Waals surface area contributed by atoms with E-state index in [1.165, 1.54) is 20.8 Å². The number of nitrogens with two attached hydrogens (primary N) is 1. The Hall–Kier alpha value is -3.01. The Kier molecular flexibility index (Phi) is 7.30. The topological polar surface area (TPSA) is 127 Å². The number of hydrogen-bond acceptors (Lipinski definition) is 7. The van der Waals surface area contributed by atoms with Gasteiger partial charge in [0.25, 0.3) is 11.5 Å². The maximum atomic E-state index is 13.9. The molecule has 0 spiro atoms. The first-order valence-electron chi connectivity index (χ1n) is 11.6. The fourth-order valence-corrected chi connectivity index (χ4v) is 5.10. The number of aromatic amines is 1. The number of amides is 1. The highest BCUT2D eigenvalue weighted by atomic mass is 32.1. The lowest BCUT2D eigenvalue weighted by atomic mass is 9.95. The fraction of sp³-hybridized carbons (Fsp3) is 0.542. The lowest BCUT2D eigenvalue weighted by Gasteiger charge is -2.24. The van der Waals surface area contributed by atoms with Crippen LogP contribution in [0.1, 0.15) is 80.6 Å². The molecule has 3 rings (SSSR count). The third-order valence-corrected chi connectivity index (χ3v) is 6.92. The fourth-order valence-electron chi connectivity index (χ4n) is 3.92. The molecule has 0 aliphatic carbocycles. The predicted octanol–water partition coefficient (Wildman–Crippen LogP) is 3.89. The molecule has 0 aromatic carbocycles. The zero-order valence-corrected chi connectivity index (χ0v) is 21.9. The van der Waals surface area contributed by atoms with Gasteiger partial charge in [-0.25, -0.2) is 14.8 Å². The van der Waals surface area contributed by atoms with Crippen LogP contribution in [0.5, 0.6) is 0 Å². The van der Waals surface area contributed by atoms with Gasteiger partial charge in [0.1, 0.15) is 16.5 Å². The average molecular weight is 487 g/mol. The molecule has 0 saturated carbocycles. The zero-order valence-electron chi connectivity index (χ0n) is 21.0. The smallest absolute Gasteiger partial charge is 0.330 e. The highest BCUT2D eigenvalue weighted by molar-refractivity contribution is 7.20. The molecule has 0 fully saturated rings. The Morgan fingerprint density at radius 2 is 1.82 bits per heavy atom. The van der Waals surface area contributed by atoms with E-state index in [4.69, 9.17) is 10.7 Å². The molecule has 0 saturated heterocycles. The monoisotopic (exact) mass is 486 g/mol. The second-order valence-corrected chi connectivity index (χ2v) is 10.6. The summed E-state index contributed by atoms with van der Waals surface area (Å²) in [5.74, 6) is 0.391. The number of unbranched alkanes of at least 4 members (excludes halogenated alkanes) is 1. The van der Waals surface area contributed by atoms with E-state index in [2.05, 4.69) is 9.97 Å². The van der Waals surface area contributed by atoms with Crippen LogP contribution in [0.25, 0.3) is 10.2 Å². The van der Waals surface area contributed by atoms with Gasteiger partial charge in [0.15, 0.2) is 5.69 Å². The number of carbonyl (C=O) groups excluding carboxylic acids is 1. The molecule has 0 radical (unpaired) electrons. The van der Waals surface area contributed by atoms with Gasteiger partial charge in [0.05, 0.1) is 10.6 Å². The van der Waals surface area contributed by atoms with Gasteiger partial charge in [-0.1, -0.05) is 41.0 Å². The van der Waals surface area contributed by atoms with Crippen molar-refractivity contribution in [1.29, 1.82) is 0 Å². The summed E-state index contributed by atoms with van der Waals surface area (Å²) in [6.45, 7) is 14.5. The molecule has 0 atom stereocenters. The molecule has 1 amide bonds. The van der Waals surface area contributed by atoms with Crippen molar-refractivity contribution in [1.82, 2.24) is 19.5 Å². The van der Waals surface area contributed by atoms with Crippen molar-refractivity contribution >= 4 is 39.0 Å². The summed E-state index contributed by atoms with van der Waals surface area (Å²) in [6, 6.07) is 0. The number of nitrogens with zero attached hydrogens (tertiary/aromatic N) is 4. The third kappa shape index (κ3) is 4.64. The van der Waals surface area contributed by atoms with Gasteiger partial charge < -0.3 is 5.73 Å². The number of nitrogens with one attached hydrogen (secondary N) is 1. The number of nitrogen functional groups attached to an aromatic ring is 1. The van der Waals surface area contributed by atoms with Crippen molar-refractivity contribution in [2.45, 2.75) is 79.7 Å². The molecule has 0 aliphatic heterocycles. The zero-order chi connectivity index (χ0) is 25.4. The van der Waals surface area contributed by atoms with E-state index in [1.807, 2.05) is 48.5 Å². The van der Waals surface area contributed by atoms with Crippen molar-refractivity contribution in [2.24, 2.45) is 0 Å². The highest BCUT2D eigenvalue weighted by Crippen LogP contribution is 2.35. The van der Waals surface area contributed by atoms with Crippen molar-refractivity contribution in [3.05, 3.63) is 42.8 Å². The van der Waals surface area contributed by atoms with Gasteiger partial charge in [-0.3, -0.25) is 24.0 Å². The lowest BCUT2D eigenvalue weighted by Crippen LogP contribution is -2.41. The van der Waals surface area contributed by atoms with Gasteiger partial charge in [-0.2, -0.15) is 0 Å². The van der Waals surface area contributed by atoms with Crippen LogP contribution in [0.4, 0.5) is 11.5 Å². The number of aromatic nitrogens is 4. The molecule has 0 bridgehead atoms. The summed E-state index contributed by atoms with van der Waals surface area (Å²) >= 11 is 1.30. The lowest BCUT2D eigenvalue weighted by molar-refractivity contribution is 0.0989. The molecule has 10 heteroatoms. The average Bonchev–Trinajstić information content (AvgIpc) is 3.09. The van der Waals surface area contributed by atoms with Crippen LogP contribution >= 0.6 is 11.3 Å². The molecule has 3 aromatic heterocycles. The first-order chi connectivity index (χ1) is 15.9. The van der Waals surface area contributed by atoms with Gasteiger partial charge in [0, 0.05) is 23.9 Å². The van der Waals surface area contributed by atoms with Gasteiger partial charge >= 0.3 is 5.69 Å². The van der Waals surface area contributed by atoms with Crippen LogP contribution in [-0.4, -0.2) is 32.0 Å². The molecule has 184 valence electrons. The number of rotatable bonds is 7. The maximum absolute atomic E-state index is 13.9. The Morgan fingerprint density at radius 3 is 2.41 bits per heavy atom. The minimum Gasteiger partial charge on any atom is -0.383 e. The molecular weight excluding hydrogens is 452 g/mol. The van der Waals surface area contributed by atoms with E-state index in [0.29, 0.717) is 36.6 Å². The molecule has 3 N–H and O–H groups in total. The number of carbonyl (C=O) groups is 1. The number of aryl methyl sites for hydroxylation is 2. The summed E-state index contributed by atoms with van der Waals surface area (Å²) in [6.07, 6.45) is 2.15. The number of hydrogen-bond donors (Lipinski definition) is 2. The number of anilines is 2. The second-order valence-electron chi connectivity index (χ2n) is 9.57. The van der Waals surface area contributed by atoms with E-state index in [1.54, 1.807) is 0 Å². The first-order valence-corrected chi connectivity index (χ1v) is 12.5. The molecule has 9 nitrogen and oxygen atoms in total. The van der Waals surface area contributed by atoms with Crippen LogP contribution < -0.4 is 21.9 Å². The van der Waals surface area contributed by atoms with Crippen LogP contribution in [0.3, 0.4) is 0 Å². The highest BCUT2D eigenvalue weighted by Gasteiger charge is 2.29. The summed E-state index contributed by atoms with van der Waals surface area (Å²) < 4.78 is 1.31. The minimum atomic E-state index is -0.663. The van der Waals surface area contributed by atoms with Gasteiger partial charge in [-0.05, 0) is 32.3 Å². The Morgan fingerprint density at radius 1 is 1.15 bits per heavy atom. The van der Waals surface area contributed by atoms with Crippen molar-refractivity contribution in [3.8, 4) is 0 Å². The van der Waals surface area contributed by atoms with Crippen LogP contribution in [0.15, 0.2) is 9.59 Å². The largest absolute Gasteiger partial charge is 0.383 e. The normalized spacial score (nSPS) is 11.9. The standard InChI is InChI=1S/C24H34N6O3S/c1-8-10-12-29(16-18(25)30(11-9-2)23(33)27-19(16)31)21(32)17-13(3)15-14(4)26-22(24(5,6)7)28-20(15)34-17/h8-12,25H2,1-7H3,(H,27,31,33). The minimum absolute atomic E-state index is 0.00445. The quantitative estimate of drug-likeness (QED) is 0.521. The van der Waals surface area contributed by atoms with Crippen molar-refractivity contribution in [3.63, 3.8) is 0 Å². The van der Waals surface area contributed by atoms with E-state index in [9.17, 15) is 14.4 Å². The molecular formula is C24H34N6O3S. The molecule has 0 aliphatic rings. The number of fused-ring (bicyclic) bond motifs is 1. The predicted molar refractivity (Wildman–Crippen MR) is 138 cm³/mol. The second kappa shape index (κ2) is 9.69. The van der Waals surface area contributed by atoms with Crippen molar-refractivity contribution < 1.29 is 4.79 Å². The molecule has 3 aromatic rings. The van der Waals surface area contributed by atoms with Gasteiger partial charge in [-0.15, -0.1) is 11.3 Å². The number of thiophene rings is 1. The van der Waals surface area contributed by atoms with Gasteiger partial charge in [0.2, 0.25) is 0 Å². The van der Waals surface area contributed by atoms with Crippen molar-refractivity contribution in [2.75, 3.05) is 17.2 Å². The van der Waals surface area contributed by atoms with E-state index in [0.717, 1.165) is 27.9 Å². The third-order valence-electron chi connectivity index (χ3n) is 5.75. The summed E-state index contributed by atoms with van der Waals surface area (Å²) in [4.78, 5) is 53.5. The Labute approximate surface area is 203 Å². The SMILES string of the molecule is CCCCN(C(=O)c1sc2nc(C(C)(C)C)nc(C)c2c1C)c1c(N)n(CCC)c(=O)[nH]c1=O. The number of H-pyrrole nitrogens is 1.